The zero-order valence-electron chi connectivity index (χ0n) is 17.8. The Labute approximate surface area is 185 Å². The third-order valence-corrected chi connectivity index (χ3v) is 5.99. The molecule has 0 aliphatic rings. The van der Waals surface area contributed by atoms with Gasteiger partial charge in [0.05, 0.1) is 7.11 Å². The summed E-state index contributed by atoms with van der Waals surface area (Å²) in [4.78, 5) is 12.1. The SMILES string of the molecule is COc1ccc(CCNC(=O)[C@@H](NS(=O)(=O)c2ccccc2F)C(C)C)cc1OC(F)F. The molecule has 0 heterocycles. The minimum absolute atomic E-state index is 0.101. The number of carbonyl (C=O) groups is 1. The maximum Gasteiger partial charge on any atom is 0.387 e. The summed E-state index contributed by atoms with van der Waals surface area (Å²) in [5.41, 5.74) is 0.592. The molecule has 1 amide bonds. The van der Waals surface area contributed by atoms with E-state index < -0.39 is 45.2 Å². The van der Waals surface area contributed by atoms with Crippen molar-refractivity contribution < 1.29 is 35.9 Å². The van der Waals surface area contributed by atoms with Crippen molar-refractivity contribution in [2.75, 3.05) is 13.7 Å². The fraction of sp³-hybridized carbons (Fsp3) is 0.381. The van der Waals surface area contributed by atoms with Gasteiger partial charge in [0.1, 0.15) is 16.8 Å². The van der Waals surface area contributed by atoms with Crippen LogP contribution in [0.1, 0.15) is 19.4 Å². The normalized spacial score (nSPS) is 12.6. The topological polar surface area (TPSA) is 93.7 Å². The van der Waals surface area contributed by atoms with Gasteiger partial charge < -0.3 is 14.8 Å². The van der Waals surface area contributed by atoms with E-state index in [1.54, 1.807) is 19.9 Å². The number of sulfonamides is 1. The maximum atomic E-state index is 13.9. The summed E-state index contributed by atoms with van der Waals surface area (Å²) in [7, 11) is -2.95. The van der Waals surface area contributed by atoms with Crippen LogP contribution in [-0.4, -0.2) is 40.6 Å². The quantitative estimate of drug-likeness (QED) is 0.522. The van der Waals surface area contributed by atoms with Crippen LogP contribution in [-0.2, 0) is 21.2 Å². The van der Waals surface area contributed by atoms with E-state index in [1.165, 1.54) is 31.4 Å². The van der Waals surface area contributed by atoms with Gasteiger partial charge in [-0.25, -0.2) is 12.8 Å². The summed E-state index contributed by atoms with van der Waals surface area (Å²) in [5, 5.41) is 2.61. The Morgan fingerprint density at radius 3 is 2.38 bits per heavy atom. The summed E-state index contributed by atoms with van der Waals surface area (Å²) in [5.74, 6) is -1.95. The predicted octanol–water partition coefficient (Wildman–Crippen LogP) is 3.10. The lowest BCUT2D eigenvalue weighted by Gasteiger charge is -2.22. The number of rotatable bonds is 11. The van der Waals surface area contributed by atoms with Crippen LogP contribution in [0, 0.1) is 11.7 Å². The second-order valence-corrected chi connectivity index (χ2v) is 8.86. The second-order valence-electron chi connectivity index (χ2n) is 7.18. The van der Waals surface area contributed by atoms with E-state index in [9.17, 15) is 26.4 Å². The Balaban J connectivity index is 2.04. The summed E-state index contributed by atoms with van der Waals surface area (Å²) in [6, 6.07) is 8.18. The molecule has 0 spiro atoms. The molecule has 0 fully saturated rings. The predicted molar refractivity (Wildman–Crippen MR) is 112 cm³/mol. The zero-order chi connectivity index (χ0) is 23.9. The van der Waals surface area contributed by atoms with Crippen LogP contribution in [0.5, 0.6) is 11.5 Å². The molecule has 11 heteroatoms. The van der Waals surface area contributed by atoms with Gasteiger partial charge in [0, 0.05) is 6.54 Å². The number of amides is 1. The Bertz CT molecular complexity index is 1030. The molecule has 0 aliphatic heterocycles. The van der Waals surface area contributed by atoms with E-state index in [0.29, 0.717) is 5.56 Å². The standard InChI is InChI=1S/C21H25F3N2O5S/c1-13(2)19(26-32(28,29)18-7-5-4-6-15(18)22)20(27)25-11-10-14-8-9-16(30-3)17(12-14)31-21(23)24/h4-9,12-13,19,21,26H,10-11H2,1-3H3,(H,25,27)/t19-/m0/s1. The number of benzene rings is 2. The highest BCUT2D eigenvalue weighted by Gasteiger charge is 2.29. The van der Waals surface area contributed by atoms with Crippen molar-refractivity contribution in [1.29, 1.82) is 0 Å². The number of halogens is 3. The molecular formula is C21H25F3N2O5S. The molecule has 0 unspecified atom stereocenters. The van der Waals surface area contributed by atoms with Crippen molar-refractivity contribution in [2.45, 2.75) is 37.8 Å². The van der Waals surface area contributed by atoms with Gasteiger partial charge in [-0.1, -0.05) is 32.0 Å². The van der Waals surface area contributed by atoms with Gasteiger partial charge in [0.2, 0.25) is 15.9 Å². The molecule has 2 N–H and O–H groups in total. The lowest BCUT2D eigenvalue weighted by atomic mass is 10.0. The monoisotopic (exact) mass is 474 g/mol. The van der Waals surface area contributed by atoms with Gasteiger partial charge in [0.15, 0.2) is 11.5 Å². The molecule has 2 rings (SSSR count). The lowest BCUT2D eigenvalue weighted by molar-refractivity contribution is -0.123. The Kier molecular flexibility index (Phi) is 8.90. The first-order valence-electron chi connectivity index (χ1n) is 9.71. The Morgan fingerprint density at radius 2 is 1.78 bits per heavy atom. The maximum absolute atomic E-state index is 13.9. The minimum Gasteiger partial charge on any atom is -0.493 e. The molecule has 0 saturated carbocycles. The summed E-state index contributed by atoms with van der Waals surface area (Å²) >= 11 is 0. The fourth-order valence-electron chi connectivity index (χ4n) is 2.89. The molecule has 2 aromatic rings. The average Bonchev–Trinajstić information content (AvgIpc) is 2.71. The smallest absolute Gasteiger partial charge is 0.387 e. The van der Waals surface area contributed by atoms with Gasteiger partial charge in [-0.2, -0.15) is 13.5 Å². The summed E-state index contributed by atoms with van der Waals surface area (Å²) in [6.45, 7) is 0.370. The summed E-state index contributed by atoms with van der Waals surface area (Å²) in [6.07, 6.45) is 0.264. The van der Waals surface area contributed by atoms with Gasteiger partial charge in [-0.05, 0) is 42.2 Å². The molecular weight excluding hydrogens is 449 g/mol. The third-order valence-electron chi connectivity index (χ3n) is 4.51. The summed E-state index contributed by atoms with van der Waals surface area (Å²) < 4.78 is 75.7. The van der Waals surface area contributed by atoms with E-state index in [2.05, 4.69) is 14.8 Å². The van der Waals surface area contributed by atoms with E-state index in [4.69, 9.17) is 4.74 Å². The highest BCUT2D eigenvalue weighted by molar-refractivity contribution is 7.89. The van der Waals surface area contributed by atoms with Gasteiger partial charge in [0.25, 0.3) is 0 Å². The van der Waals surface area contributed by atoms with Crippen LogP contribution < -0.4 is 19.5 Å². The molecule has 0 radical (unpaired) electrons. The van der Waals surface area contributed by atoms with Crippen LogP contribution in [0.4, 0.5) is 13.2 Å². The number of nitrogens with one attached hydrogen (secondary N) is 2. The fourth-order valence-corrected chi connectivity index (χ4v) is 4.31. The van der Waals surface area contributed by atoms with Crippen LogP contribution in [0.15, 0.2) is 47.4 Å². The molecule has 0 aromatic heterocycles. The molecule has 1 atom stereocenters. The molecule has 2 aromatic carbocycles. The first-order chi connectivity index (χ1) is 15.0. The van der Waals surface area contributed by atoms with Crippen LogP contribution in [0.2, 0.25) is 0 Å². The zero-order valence-corrected chi connectivity index (χ0v) is 18.6. The molecule has 7 nitrogen and oxygen atoms in total. The molecule has 0 aliphatic carbocycles. The molecule has 176 valence electrons. The highest BCUT2D eigenvalue weighted by Crippen LogP contribution is 2.29. The first kappa shape index (κ1) is 25.5. The Morgan fingerprint density at radius 1 is 1.09 bits per heavy atom. The van der Waals surface area contributed by atoms with Crippen molar-refractivity contribution in [3.8, 4) is 11.5 Å². The van der Waals surface area contributed by atoms with Crippen molar-refractivity contribution >= 4 is 15.9 Å². The highest BCUT2D eigenvalue weighted by atomic mass is 32.2. The van der Waals surface area contributed by atoms with E-state index in [1.807, 2.05) is 0 Å². The van der Waals surface area contributed by atoms with Crippen molar-refractivity contribution in [2.24, 2.45) is 5.92 Å². The number of alkyl halides is 2. The van der Waals surface area contributed by atoms with Crippen LogP contribution in [0.3, 0.4) is 0 Å². The van der Waals surface area contributed by atoms with Gasteiger partial charge >= 0.3 is 6.61 Å². The first-order valence-corrected chi connectivity index (χ1v) is 11.2. The van der Waals surface area contributed by atoms with Gasteiger partial charge in [-0.15, -0.1) is 0 Å². The molecule has 32 heavy (non-hydrogen) atoms. The van der Waals surface area contributed by atoms with E-state index in [0.717, 1.165) is 12.1 Å². The number of methoxy groups -OCH3 is 1. The average molecular weight is 475 g/mol. The van der Waals surface area contributed by atoms with Crippen molar-refractivity contribution in [3.05, 3.63) is 53.8 Å². The minimum atomic E-state index is -4.27. The van der Waals surface area contributed by atoms with Crippen LogP contribution >= 0.6 is 0 Å². The van der Waals surface area contributed by atoms with Crippen molar-refractivity contribution in [3.63, 3.8) is 0 Å². The van der Waals surface area contributed by atoms with Crippen LogP contribution in [0.25, 0.3) is 0 Å². The number of hydrogen-bond donors (Lipinski definition) is 2. The molecule has 0 bridgehead atoms. The number of hydrogen-bond acceptors (Lipinski definition) is 5. The van der Waals surface area contributed by atoms with Gasteiger partial charge in [-0.3, -0.25) is 4.79 Å². The Hall–Kier alpha value is -2.79. The largest absolute Gasteiger partial charge is 0.493 e. The van der Waals surface area contributed by atoms with E-state index >= 15 is 0 Å². The second kappa shape index (κ2) is 11.2. The van der Waals surface area contributed by atoms with E-state index in [-0.39, 0.29) is 24.5 Å². The lowest BCUT2D eigenvalue weighted by Crippen LogP contribution is -2.50. The van der Waals surface area contributed by atoms with Crippen molar-refractivity contribution in [1.82, 2.24) is 10.0 Å². The number of carbonyl (C=O) groups excluding carboxylic acids is 1. The third kappa shape index (κ3) is 6.86. The molecule has 0 saturated heterocycles. The number of ether oxygens (including phenoxy) is 2.